The van der Waals surface area contributed by atoms with Gasteiger partial charge in [0.05, 0.1) is 12.3 Å². The molecule has 0 amide bonds. The lowest BCUT2D eigenvalue weighted by Gasteiger charge is -2.10. The second-order valence-electron chi connectivity index (χ2n) is 6.53. The highest BCUT2D eigenvalue weighted by atomic mass is 35.5. The molecule has 0 fully saturated rings. The Morgan fingerprint density at radius 2 is 1.83 bits per heavy atom. The molecule has 0 bridgehead atoms. The lowest BCUT2D eigenvalue weighted by atomic mass is 10.2. The van der Waals surface area contributed by atoms with Crippen molar-refractivity contribution in [3.05, 3.63) is 76.9 Å². The minimum absolute atomic E-state index is 0.570. The van der Waals surface area contributed by atoms with Crippen molar-refractivity contribution in [1.29, 1.82) is 0 Å². The zero-order chi connectivity index (χ0) is 20.1. The van der Waals surface area contributed by atoms with Crippen LogP contribution >= 0.6 is 23.4 Å². The Kier molecular flexibility index (Phi) is 6.27. The van der Waals surface area contributed by atoms with Crippen LogP contribution in [-0.4, -0.2) is 24.9 Å². The smallest absolute Gasteiger partial charge is 0.226 e. The number of hydrogen-bond donors (Lipinski definition) is 0. The maximum atomic E-state index is 6.05. The molecule has 4 rings (SSSR count). The van der Waals surface area contributed by atoms with Gasteiger partial charge in [-0.2, -0.15) is 4.98 Å². The molecule has 0 aliphatic rings. The average Bonchev–Trinajstić information content (AvgIpc) is 3.35. The fraction of sp³-hybridized carbons (Fsp3) is 0.238. The summed E-state index contributed by atoms with van der Waals surface area (Å²) in [5.74, 6) is 2.71. The maximum absolute atomic E-state index is 6.05. The molecule has 0 unspecified atom stereocenters. The van der Waals surface area contributed by atoms with Crippen LogP contribution in [0.15, 0.2) is 64.3 Å². The van der Waals surface area contributed by atoms with Crippen molar-refractivity contribution in [2.45, 2.75) is 37.2 Å². The van der Waals surface area contributed by atoms with Gasteiger partial charge in [0.25, 0.3) is 0 Å². The van der Waals surface area contributed by atoms with Crippen molar-refractivity contribution in [2.24, 2.45) is 0 Å². The summed E-state index contributed by atoms with van der Waals surface area (Å²) < 4.78 is 7.38. The number of thioether (sulfide) groups is 1. The molecule has 0 saturated carbocycles. The van der Waals surface area contributed by atoms with Crippen LogP contribution in [0, 0.1) is 0 Å². The molecule has 148 valence electrons. The second kappa shape index (κ2) is 9.24. The SMILES string of the molecule is CCCc1nc(CSc2nnc(-c3ccc(Cl)cc3)n2Cc2ccccc2)no1. The Hall–Kier alpha value is -2.64. The summed E-state index contributed by atoms with van der Waals surface area (Å²) in [4.78, 5) is 4.43. The van der Waals surface area contributed by atoms with E-state index in [1.807, 2.05) is 42.5 Å². The molecule has 8 heteroatoms. The Bertz CT molecular complexity index is 1060. The number of benzene rings is 2. The van der Waals surface area contributed by atoms with Crippen LogP contribution < -0.4 is 0 Å². The van der Waals surface area contributed by atoms with E-state index in [0.717, 1.165) is 29.4 Å². The molecule has 0 aliphatic heterocycles. The van der Waals surface area contributed by atoms with Crippen molar-refractivity contribution < 1.29 is 4.52 Å². The molecule has 6 nitrogen and oxygen atoms in total. The molecule has 0 radical (unpaired) electrons. The molecular formula is C21H20ClN5OS. The van der Waals surface area contributed by atoms with E-state index in [2.05, 4.69) is 44.0 Å². The normalized spacial score (nSPS) is 11.1. The third kappa shape index (κ3) is 4.86. The number of aromatic nitrogens is 5. The zero-order valence-electron chi connectivity index (χ0n) is 16.0. The summed E-state index contributed by atoms with van der Waals surface area (Å²) in [5, 5.41) is 14.4. The first-order chi connectivity index (χ1) is 14.2. The minimum atomic E-state index is 0.570. The fourth-order valence-electron chi connectivity index (χ4n) is 2.91. The van der Waals surface area contributed by atoms with Crippen LogP contribution in [0.2, 0.25) is 5.02 Å². The van der Waals surface area contributed by atoms with Gasteiger partial charge in [0, 0.05) is 17.0 Å². The van der Waals surface area contributed by atoms with Crippen molar-refractivity contribution in [3.63, 3.8) is 0 Å². The molecular weight excluding hydrogens is 406 g/mol. The average molecular weight is 426 g/mol. The number of nitrogens with zero attached hydrogens (tertiary/aromatic N) is 5. The lowest BCUT2D eigenvalue weighted by molar-refractivity contribution is 0.373. The number of hydrogen-bond acceptors (Lipinski definition) is 6. The summed E-state index contributed by atoms with van der Waals surface area (Å²) in [7, 11) is 0. The molecule has 2 heterocycles. The molecule has 29 heavy (non-hydrogen) atoms. The number of aryl methyl sites for hydroxylation is 1. The second-order valence-corrected chi connectivity index (χ2v) is 7.91. The van der Waals surface area contributed by atoms with E-state index in [-0.39, 0.29) is 0 Å². The topological polar surface area (TPSA) is 69.6 Å². The molecule has 0 aliphatic carbocycles. The highest BCUT2D eigenvalue weighted by Crippen LogP contribution is 2.27. The summed E-state index contributed by atoms with van der Waals surface area (Å²) in [6.45, 7) is 2.75. The van der Waals surface area contributed by atoms with Crippen LogP contribution in [0.4, 0.5) is 0 Å². The van der Waals surface area contributed by atoms with E-state index in [9.17, 15) is 0 Å². The summed E-state index contributed by atoms with van der Waals surface area (Å²) in [6, 6.07) is 17.9. The summed E-state index contributed by atoms with van der Waals surface area (Å²) in [5.41, 5.74) is 2.14. The standard InChI is InChI=1S/C21H20ClN5OS/c1-2-6-19-23-18(26-28-19)14-29-21-25-24-20(16-9-11-17(22)12-10-16)27(21)13-15-7-4-3-5-8-15/h3-5,7-12H,2,6,13-14H2,1H3. The zero-order valence-corrected chi connectivity index (χ0v) is 17.5. The first kappa shape index (κ1) is 19.7. The van der Waals surface area contributed by atoms with Gasteiger partial charge in [0.15, 0.2) is 16.8 Å². The predicted molar refractivity (Wildman–Crippen MR) is 114 cm³/mol. The third-order valence-electron chi connectivity index (χ3n) is 4.31. The molecule has 0 spiro atoms. The van der Waals surface area contributed by atoms with E-state index >= 15 is 0 Å². The molecule has 0 atom stereocenters. The minimum Gasteiger partial charge on any atom is -0.339 e. The summed E-state index contributed by atoms with van der Waals surface area (Å²) >= 11 is 7.59. The molecule has 0 N–H and O–H groups in total. The van der Waals surface area contributed by atoms with Gasteiger partial charge in [-0.25, -0.2) is 0 Å². The Morgan fingerprint density at radius 1 is 1.03 bits per heavy atom. The number of rotatable bonds is 8. The third-order valence-corrected chi connectivity index (χ3v) is 5.52. The highest BCUT2D eigenvalue weighted by molar-refractivity contribution is 7.98. The van der Waals surface area contributed by atoms with Crippen molar-refractivity contribution in [1.82, 2.24) is 24.9 Å². The van der Waals surface area contributed by atoms with Crippen LogP contribution in [-0.2, 0) is 18.7 Å². The Balaban J connectivity index is 1.60. The van der Waals surface area contributed by atoms with Gasteiger partial charge in [-0.05, 0) is 36.2 Å². The van der Waals surface area contributed by atoms with Crippen molar-refractivity contribution in [2.75, 3.05) is 0 Å². The molecule has 4 aromatic rings. The first-order valence-corrected chi connectivity index (χ1v) is 10.8. The first-order valence-electron chi connectivity index (χ1n) is 9.40. The van der Waals surface area contributed by atoms with Gasteiger partial charge in [0.1, 0.15) is 0 Å². The van der Waals surface area contributed by atoms with E-state index in [1.165, 1.54) is 5.56 Å². The van der Waals surface area contributed by atoms with Gasteiger partial charge in [-0.15, -0.1) is 10.2 Å². The number of halogens is 1. The highest BCUT2D eigenvalue weighted by Gasteiger charge is 2.16. The van der Waals surface area contributed by atoms with Crippen LogP contribution in [0.1, 0.15) is 30.6 Å². The Labute approximate surface area is 178 Å². The van der Waals surface area contributed by atoms with Crippen molar-refractivity contribution >= 4 is 23.4 Å². The molecule has 2 aromatic carbocycles. The van der Waals surface area contributed by atoms with Crippen LogP contribution in [0.5, 0.6) is 0 Å². The van der Waals surface area contributed by atoms with Crippen LogP contribution in [0.25, 0.3) is 11.4 Å². The fourth-order valence-corrected chi connectivity index (χ4v) is 3.82. The predicted octanol–water partition coefficient (Wildman–Crippen LogP) is 5.27. The van der Waals surface area contributed by atoms with Gasteiger partial charge >= 0.3 is 0 Å². The molecule has 0 saturated heterocycles. The van der Waals surface area contributed by atoms with Gasteiger partial charge < -0.3 is 4.52 Å². The lowest BCUT2D eigenvalue weighted by Crippen LogP contribution is -2.04. The maximum Gasteiger partial charge on any atom is 0.226 e. The van der Waals surface area contributed by atoms with Gasteiger partial charge in [-0.3, -0.25) is 4.57 Å². The van der Waals surface area contributed by atoms with Gasteiger partial charge in [-0.1, -0.05) is 65.8 Å². The van der Waals surface area contributed by atoms with E-state index in [1.54, 1.807) is 11.8 Å². The van der Waals surface area contributed by atoms with E-state index in [4.69, 9.17) is 16.1 Å². The quantitative estimate of drug-likeness (QED) is 0.358. The van der Waals surface area contributed by atoms with Crippen LogP contribution in [0.3, 0.4) is 0 Å². The van der Waals surface area contributed by atoms with Gasteiger partial charge in [0.2, 0.25) is 5.89 Å². The van der Waals surface area contributed by atoms with E-state index < -0.39 is 0 Å². The summed E-state index contributed by atoms with van der Waals surface area (Å²) in [6.07, 6.45) is 1.77. The van der Waals surface area contributed by atoms with E-state index in [0.29, 0.717) is 29.0 Å². The van der Waals surface area contributed by atoms with Crippen molar-refractivity contribution in [3.8, 4) is 11.4 Å². The molecule has 2 aromatic heterocycles. The Morgan fingerprint density at radius 3 is 2.59 bits per heavy atom. The monoisotopic (exact) mass is 425 g/mol. The largest absolute Gasteiger partial charge is 0.339 e.